The number of aliphatic hydroxyl groups is 2. The number of aromatic nitrogens is 1. The summed E-state index contributed by atoms with van der Waals surface area (Å²) in [6, 6.07) is 16.2. The Balaban J connectivity index is 1.68. The average molecular weight is 603 g/mol. The molecule has 200 valence electrons. The Morgan fingerprint density at radius 2 is 1.76 bits per heavy atom. The van der Waals surface area contributed by atoms with Crippen LogP contribution in [0, 0.1) is 0 Å². The van der Waals surface area contributed by atoms with Gasteiger partial charge in [-0.3, -0.25) is 4.98 Å². The van der Waals surface area contributed by atoms with Gasteiger partial charge in [0.1, 0.15) is 22.9 Å². The third kappa shape index (κ3) is 3.42. The number of aliphatic hydroxyl groups excluding tert-OH is 1. The van der Waals surface area contributed by atoms with Crippen LogP contribution < -0.4 is 9.47 Å². The summed E-state index contributed by atoms with van der Waals surface area (Å²) in [4.78, 5) is 4.20. The van der Waals surface area contributed by atoms with Crippen molar-refractivity contribution in [2.75, 3.05) is 33.4 Å². The first kappa shape index (κ1) is 25.7. The molecule has 2 N–H and O–H groups in total. The molecule has 5 atom stereocenters. The lowest BCUT2D eigenvalue weighted by molar-refractivity contribution is -0.149. The maximum Gasteiger partial charge on any atom is 0.220 e. The zero-order chi connectivity index (χ0) is 26.7. The number of pyridine rings is 1. The number of methoxy groups -OCH3 is 1. The van der Waals surface area contributed by atoms with Crippen LogP contribution in [0.3, 0.4) is 0 Å². The van der Waals surface area contributed by atoms with Crippen LogP contribution in [0.5, 0.6) is 11.5 Å². The normalized spacial score (nSPS) is 30.9. The molecule has 0 radical (unpaired) electrons. The van der Waals surface area contributed by atoms with Crippen LogP contribution in [0.2, 0.25) is 0 Å². The zero-order valence-corrected chi connectivity index (χ0v) is 22.9. The standard InChI is InChI=1S/C27H27BrN2O7S/c1-35-20-15-29-16-21-23(20)26(32)25(31)24(38(33,34)30-11-13-36-14-12-30)22(17-5-3-2-4-6-17)27(26,37-21)18-7-9-19(28)10-8-18/h2-10,15-16,22,24-25,31-32H,11-14H2,1H3/t22-,24-,25-,26+,27+/m1/s1. The number of rotatable bonds is 5. The van der Waals surface area contributed by atoms with Crippen molar-refractivity contribution in [3.8, 4) is 11.5 Å². The second-order valence-corrected chi connectivity index (χ2v) is 12.7. The quantitative estimate of drug-likeness (QED) is 0.457. The van der Waals surface area contributed by atoms with Crippen molar-refractivity contribution in [1.29, 1.82) is 0 Å². The van der Waals surface area contributed by atoms with Crippen LogP contribution in [-0.2, 0) is 26.0 Å². The predicted molar refractivity (Wildman–Crippen MR) is 141 cm³/mol. The Kier molecular flexibility index (Phi) is 6.29. The Bertz CT molecular complexity index is 1450. The number of nitrogens with zero attached hydrogens (tertiary/aromatic N) is 2. The van der Waals surface area contributed by atoms with E-state index >= 15 is 0 Å². The van der Waals surface area contributed by atoms with Gasteiger partial charge in [0.2, 0.25) is 10.0 Å². The maximum atomic E-state index is 14.3. The number of morpholine rings is 1. The molecule has 3 aromatic rings. The topological polar surface area (TPSA) is 118 Å². The SMILES string of the molecule is COc1cncc2c1[C@]1(O)[C@H](O)[C@H](S(=O)(=O)N3CCOCC3)[C@@H](c3ccccc3)[C@]1(c1ccc(Br)cc1)O2. The summed E-state index contributed by atoms with van der Waals surface area (Å²) < 4.78 is 48.4. The van der Waals surface area contributed by atoms with Crippen molar-refractivity contribution >= 4 is 26.0 Å². The largest absolute Gasteiger partial charge is 0.495 e. The second-order valence-electron chi connectivity index (χ2n) is 9.68. The fourth-order valence-electron chi connectivity index (χ4n) is 6.34. The Morgan fingerprint density at radius 1 is 1.08 bits per heavy atom. The fourth-order valence-corrected chi connectivity index (χ4v) is 8.82. The third-order valence-electron chi connectivity index (χ3n) is 7.93. The van der Waals surface area contributed by atoms with Crippen molar-refractivity contribution in [3.63, 3.8) is 0 Å². The molecule has 2 aliphatic heterocycles. The van der Waals surface area contributed by atoms with Crippen LogP contribution in [0.1, 0.15) is 22.6 Å². The Morgan fingerprint density at radius 3 is 2.42 bits per heavy atom. The van der Waals surface area contributed by atoms with Crippen LogP contribution in [0.15, 0.2) is 71.5 Å². The highest BCUT2D eigenvalue weighted by Gasteiger charge is 2.79. The summed E-state index contributed by atoms with van der Waals surface area (Å²) in [7, 11) is -2.74. The molecule has 6 rings (SSSR count). The van der Waals surface area contributed by atoms with Gasteiger partial charge < -0.3 is 24.4 Å². The molecule has 3 heterocycles. The molecule has 38 heavy (non-hydrogen) atoms. The average Bonchev–Trinajstić information content (AvgIpc) is 3.33. The van der Waals surface area contributed by atoms with E-state index in [-0.39, 0.29) is 43.4 Å². The first-order chi connectivity index (χ1) is 18.3. The minimum Gasteiger partial charge on any atom is -0.495 e. The van der Waals surface area contributed by atoms with Gasteiger partial charge in [0.05, 0.1) is 44.2 Å². The number of hydrogen-bond acceptors (Lipinski definition) is 8. The van der Waals surface area contributed by atoms with Crippen molar-refractivity contribution in [1.82, 2.24) is 9.29 Å². The van der Waals surface area contributed by atoms with Crippen LogP contribution in [0.4, 0.5) is 0 Å². The van der Waals surface area contributed by atoms with Gasteiger partial charge in [-0.05, 0) is 23.3 Å². The fraction of sp³-hybridized carbons (Fsp3) is 0.370. The summed E-state index contributed by atoms with van der Waals surface area (Å²) in [5, 5.41) is 23.5. The minimum absolute atomic E-state index is 0.154. The first-order valence-electron chi connectivity index (χ1n) is 12.3. The van der Waals surface area contributed by atoms with Crippen molar-refractivity contribution in [3.05, 3.63) is 88.2 Å². The summed E-state index contributed by atoms with van der Waals surface area (Å²) in [6.45, 7) is 0.806. The van der Waals surface area contributed by atoms with E-state index in [0.717, 1.165) is 4.47 Å². The molecule has 1 aromatic heterocycles. The predicted octanol–water partition coefficient (Wildman–Crippen LogP) is 2.52. The van der Waals surface area contributed by atoms with E-state index in [1.807, 2.05) is 6.07 Å². The summed E-state index contributed by atoms with van der Waals surface area (Å²) in [5.41, 5.74) is -2.64. The molecule has 0 unspecified atom stereocenters. The van der Waals surface area contributed by atoms with Gasteiger partial charge in [-0.15, -0.1) is 0 Å². The van der Waals surface area contributed by atoms with E-state index in [9.17, 15) is 18.6 Å². The van der Waals surface area contributed by atoms with E-state index in [1.165, 1.54) is 23.8 Å². The molecule has 1 saturated carbocycles. The molecular weight excluding hydrogens is 576 g/mol. The first-order valence-corrected chi connectivity index (χ1v) is 14.6. The van der Waals surface area contributed by atoms with Gasteiger partial charge in [-0.2, -0.15) is 4.31 Å². The number of benzene rings is 2. The van der Waals surface area contributed by atoms with Gasteiger partial charge in [0, 0.05) is 17.6 Å². The molecule has 0 amide bonds. The molecule has 9 nitrogen and oxygen atoms in total. The van der Waals surface area contributed by atoms with Gasteiger partial charge in [-0.25, -0.2) is 8.42 Å². The molecule has 0 spiro atoms. The highest BCUT2D eigenvalue weighted by Crippen LogP contribution is 2.69. The smallest absolute Gasteiger partial charge is 0.220 e. The highest BCUT2D eigenvalue weighted by atomic mass is 79.9. The van der Waals surface area contributed by atoms with Crippen LogP contribution >= 0.6 is 15.9 Å². The van der Waals surface area contributed by atoms with E-state index < -0.39 is 38.5 Å². The highest BCUT2D eigenvalue weighted by molar-refractivity contribution is 9.10. The molecular formula is C27H27BrN2O7S. The number of sulfonamides is 1. The Hall–Kier alpha value is -2.54. The van der Waals surface area contributed by atoms with Gasteiger partial charge in [-0.1, -0.05) is 58.4 Å². The van der Waals surface area contributed by atoms with Crippen molar-refractivity contribution in [2.24, 2.45) is 0 Å². The lowest BCUT2D eigenvalue weighted by Gasteiger charge is -2.41. The van der Waals surface area contributed by atoms with Gasteiger partial charge in [0.15, 0.2) is 11.2 Å². The van der Waals surface area contributed by atoms with Crippen LogP contribution in [-0.4, -0.2) is 72.7 Å². The number of fused-ring (bicyclic) bond motifs is 3. The van der Waals surface area contributed by atoms with Crippen LogP contribution in [0.25, 0.3) is 0 Å². The van der Waals surface area contributed by atoms with E-state index in [4.69, 9.17) is 14.2 Å². The Labute approximate surface area is 229 Å². The molecule has 0 bridgehead atoms. The molecule has 2 aromatic carbocycles. The number of hydrogen-bond donors (Lipinski definition) is 2. The lowest BCUT2D eigenvalue weighted by atomic mass is 9.71. The molecule has 1 saturated heterocycles. The zero-order valence-electron chi connectivity index (χ0n) is 20.5. The van der Waals surface area contributed by atoms with E-state index in [1.54, 1.807) is 48.5 Å². The van der Waals surface area contributed by atoms with Crippen molar-refractivity contribution in [2.45, 2.75) is 28.5 Å². The monoisotopic (exact) mass is 602 g/mol. The second kappa shape index (κ2) is 9.29. The van der Waals surface area contributed by atoms with Gasteiger partial charge >= 0.3 is 0 Å². The summed E-state index contributed by atoms with van der Waals surface area (Å²) in [6.07, 6.45) is 1.10. The minimum atomic E-state index is -4.17. The number of ether oxygens (including phenoxy) is 3. The van der Waals surface area contributed by atoms with E-state index in [2.05, 4.69) is 20.9 Å². The van der Waals surface area contributed by atoms with Crippen molar-refractivity contribution < 1.29 is 32.8 Å². The summed E-state index contributed by atoms with van der Waals surface area (Å²) in [5.74, 6) is -0.592. The summed E-state index contributed by atoms with van der Waals surface area (Å²) >= 11 is 3.46. The van der Waals surface area contributed by atoms with Gasteiger partial charge in [0.25, 0.3) is 0 Å². The maximum absolute atomic E-state index is 14.3. The third-order valence-corrected chi connectivity index (χ3v) is 10.8. The molecule has 3 aliphatic rings. The molecule has 1 aliphatic carbocycles. The van der Waals surface area contributed by atoms with E-state index in [0.29, 0.717) is 11.1 Å². The number of halogens is 1. The molecule has 2 fully saturated rings. The lowest BCUT2D eigenvalue weighted by Crippen LogP contribution is -2.52. The molecule has 11 heteroatoms.